The van der Waals surface area contributed by atoms with Gasteiger partial charge in [0, 0.05) is 100 Å². The van der Waals surface area contributed by atoms with Gasteiger partial charge in [-0.15, -0.1) is 0 Å². The van der Waals surface area contributed by atoms with E-state index in [1.54, 1.807) is 0 Å². The van der Waals surface area contributed by atoms with Gasteiger partial charge in [0.2, 0.25) is 0 Å². The van der Waals surface area contributed by atoms with E-state index >= 15 is 0 Å². The van der Waals surface area contributed by atoms with Gasteiger partial charge in [-0.2, -0.15) is 0 Å². The van der Waals surface area contributed by atoms with Crippen molar-refractivity contribution in [2.45, 2.75) is 187 Å². The zero-order valence-electron chi connectivity index (χ0n) is 52.4. The van der Waals surface area contributed by atoms with Crippen LogP contribution < -0.4 is 34.9 Å². The molecule has 0 amide bonds. The number of ether oxygens (including phenoxy) is 14. The second kappa shape index (κ2) is 44.4. The Morgan fingerprint density at radius 3 is 1.11 bits per heavy atom. The first kappa shape index (κ1) is 85.7. The summed E-state index contributed by atoms with van der Waals surface area (Å²) in [5, 5.41) is 97.7. The van der Waals surface area contributed by atoms with Crippen LogP contribution in [0.1, 0.15) is 63.9 Å². The number of quaternary nitrogens is 1. The van der Waals surface area contributed by atoms with Crippen LogP contribution >= 0.6 is 0 Å². The number of likely N-dealkylation sites (N-methyl/N-ethyl adjacent to an activating group) is 1. The summed E-state index contributed by atoms with van der Waals surface area (Å²) < 4.78 is 134. The van der Waals surface area contributed by atoms with Crippen LogP contribution in [0.2, 0.25) is 0 Å². The maximum absolute atomic E-state index is 12.3. The van der Waals surface area contributed by atoms with Crippen molar-refractivity contribution in [2.24, 2.45) is 0 Å². The third-order valence-corrected chi connectivity index (χ3v) is 16.5. The third-order valence-electron chi connectivity index (χ3n) is 14.9. The number of nitrogens with two attached hydrogens (primary N) is 1. The zero-order chi connectivity index (χ0) is 66.4. The number of aliphatic hydroxyl groups is 10. The van der Waals surface area contributed by atoms with Crippen LogP contribution in [0.25, 0.3) is 0 Å². The van der Waals surface area contributed by atoms with Crippen molar-refractivity contribution in [2.75, 3.05) is 115 Å². The van der Waals surface area contributed by atoms with E-state index in [4.69, 9.17) is 76.5 Å². The molecule has 1 aliphatic carbocycles. The van der Waals surface area contributed by atoms with Gasteiger partial charge >= 0.3 is 29.6 Å². The number of Topliss-reactive ketones (excluding diaryl/α,β-unsaturated/α-hetero) is 1. The molecule has 4 aliphatic heterocycles. The van der Waals surface area contributed by atoms with E-state index in [9.17, 15) is 71.6 Å². The molecule has 21 unspecified atom stereocenters. The number of rotatable bonds is 27. The first-order chi connectivity index (χ1) is 41.7. The van der Waals surface area contributed by atoms with Crippen molar-refractivity contribution < 1.29 is 183 Å². The summed E-state index contributed by atoms with van der Waals surface area (Å²) in [6.45, 7) is 3.10. The number of carbonyl (C=O) groups is 1. The Balaban J connectivity index is 0.000000562. The zero-order valence-corrected chi connectivity index (χ0v) is 56.0. The molecule has 5 fully saturated rings. The maximum Gasteiger partial charge on any atom is 1.00 e. The van der Waals surface area contributed by atoms with Crippen molar-refractivity contribution in [3.05, 3.63) is 35.9 Å². The fourth-order valence-electron chi connectivity index (χ4n) is 10.3. The topological polar surface area (TPSA) is 480 Å². The molecule has 1 saturated carbocycles. The second-order valence-corrected chi connectivity index (χ2v) is 23.9. The van der Waals surface area contributed by atoms with Gasteiger partial charge in [-0.3, -0.25) is 4.79 Å². The van der Waals surface area contributed by atoms with Gasteiger partial charge < -0.3 is 132 Å². The van der Waals surface area contributed by atoms with Crippen LogP contribution in [0.4, 0.5) is 0 Å². The number of hydrogen-bond acceptors (Lipinski definition) is 31. The van der Waals surface area contributed by atoms with Crippen LogP contribution in [0.15, 0.2) is 30.3 Å². The number of carbonyl (C=O) groups excluding carboxylic acids is 1. The SMILES string of the molecule is CC[NH2+]C1(c2ccccc2)CCCCC1=O.COC1OC(CO)C(OC)C(O)C1O.COC1OC(CO)C(OC)C(O)C1O.COC1OC(COCCCCS(=O)(=O)[O-])C(OC)C(O)C1O.COC1OC(COCCCCS(=O)(=O)[O-])C(OC)C(O)C1O.[Na+]. The minimum Gasteiger partial charge on any atom is -0.748 e. The minimum absolute atomic E-state index is 0. The summed E-state index contributed by atoms with van der Waals surface area (Å²) in [5.41, 5.74) is 0.899. The Morgan fingerprint density at radius 2 is 0.831 bits per heavy atom. The van der Waals surface area contributed by atoms with E-state index in [0.29, 0.717) is 18.6 Å². The van der Waals surface area contributed by atoms with E-state index in [2.05, 4.69) is 24.4 Å². The number of ketones is 1. The third kappa shape index (κ3) is 27.4. The molecule has 0 aromatic heterocycles. The fraction of sp³-hybridized carbons (Fsp3) is 0.870. The van der Waals surface area contributed by atoms with E-state index in [1.807, 2.05) is 18.2 Å². The van der Waals surface area contributed by atoms with Gasteiger partial charge in [-0.25, -0.2) is 16.8 Å². The van der Waals surface area contributed by atoms with E-state index in [1.165, 1.54) is 62.4 Å². The van der Waals surface area contributed by atoms with Crippen LogP contribution in [0, 0.1) is 0 Å². The van der Waals surface area contributed by atoms with Crippen LogP contribution in [0.5, 0.6) is 0 Å². The van der Waals surface area contributed by atoms with Crippen molar-refractivity contribution in [3.63, 3.8) is 0 Å². The molecule has 1 aromatic carbocycles. The van der Waals surface area contributed by atoms with Gasteiger partial charge in [0.15, 0.2) is 36.5 Å². The van der Waals surface area contributed by atoms with Crippen molar-refractivity contribution in [1.29, 1.82) is 0 Å². The van der Waals surface area contributed by atoms with Crippen LogP contribution in [0.3, 0.4) is 0 Å². The predicted molar refractivity (Wildman–Crippen MR) is 301 cm³/mol. The molecular weight excluding hydrogens is 1250 g/mol. The standard InChI is InChI=1S/C14H19NO.2C12H24O9S.2C8H16O6.Na/c1-2-15-14(11-7-6-10-13(14)16)12-8-4-3-5-9-12;2*1-18-11-8(21-12(19-2)10(14)9(11)13)7-20-5-3-4-6-22(15,16)17;2*1-12-7-4(3-9)14-8(13-2)6(11)5(7)10;/h3-5,8-9,15H,2,6-7,10-11H2,1H3;2*8-14H,3-7H2,1-2H3,(H,15,16,17);2*4-11H,3H2,1-2H3;/q;;;;;+1/p-1. The monoisotopic (exact) mass is 1340 g/mol. The predicted octanol–water partition coefficient (Wildman–Crippen LogP) is -8.34. The molecule has 0 spiro atoms. The quantitative estimate of drug-likeness (QED) is 0.0221. The average Bonchev–Trinajstić information content (AvgIpc) is 2.08. The van der Waals surface area contributed by atoms with Crippen molar-refractivity contribution in [1.82, 2.24) is 0 Å². The first-order valence-electron chi connectivity index (χ1n) is 28.7. The first-order valence-corrected chi connectivity index (χ1v) is 31.8. The van der Waals surface area contributed by atoms with Crippen molar-refractivity contribution in [3.8, 4) is 0 Å². The molecule has 5 aliphatic rings. The van der Waals surface area contributed by atoms with E-state index < -0.39 is 155 Å². The molecule has 6 rings (SSSR count). The Bertz CT molecular complexity index is 2120. The van der Waals surface area contributed by atoms with Crippen LogP contribution in [-0.4, -0.2) is 320 Å². The summed E-state index contributed by atoms with van der Waals surface area (Å²) in [7, 11) is 2.50. The van der Waals surface area contributed by atoms with E-state index in [0.717, 1.165) is 32.2 Å². The van der Waals surface area contributed by atoms with Crippen LogP contribution in [-0.2, 0) is 96.9 Å². The molecular formula is C54H98NNaO31S2. The summed E-state index contributed by atoms with van der Waals surface area (Å²) in [6.07, 6.45) is -13.8. The van der Waals surface area contributed by atoms with Gasteiger partial charge in [0.25, 0.3) is 0 Å². The molecule has 518 valence electrons. The fourth-order valence-corrected chi connectivity index (χ4v) is 11.4. The molecule has 1 aromatic rings. The number of methoxy groups -OCH3 is 8. The maximum atomic E-state index is 12.3. The molecule has 0 bridgehead atoms. The minimum atomic E-state index is -4.20. The summed E-state index contributed by atoms with van der Waals surface area (Å²) in [6, 6.07) is 10.3. The molecule has 4 saturated heterocycles. The molecule has 89 heavy (non-hydrogen) atoms. The summed E-state index contributed by atoms with van der Waals surface area (Å²) in [5.74, 6) is -0.437. The molecule has 12 N–H and O–H groups in total. The Kier molecular flexibility index (Phi) is 42.8. The smallest absolute Gasteiger partial charge is 0.748 e. The van der Waals surface area contributed by atoms with Gasteiger partial charge in [0.05, 0.1) is 53.2 Å². The van der Waals surface area contributed by atoms with Gasteiger partial charge in [-0.05, 0) is 45.4 Å². The van der Waals surface area contributed by atoms with E-state index in [-0.39, 0.29) is 87.6 Å². The largest absolute Gasteiger partial charge is 1.00 e. The summed E-state index contributed by atoms with van der Waals surface area (Å²) >= 11 is 0. The Hall–Kier alpha value is -1.29. The molecule has 21 atom stereocenters. The summed E-state index contributed by atoms with van der Waals surface area (Å²) in [4.78, 5) is 12.3. The number of aliphatic hydroxyl groups excluding tert-OH is 10. The molecule has 0 radical (unpaired) electrons. The molecule has 4 heterocycles. The van der Waals surface area contributed by atoms with Gasteiger partial charge in [-0.1, -0.05) is 30.3 Å². The Labute approximate surface area is 543 Å². The Morgan fingerprint density at radius 1 is 0.506 bits per heavy atom. The number of hydrogen-bond donors (Lipinski definition) is 11. The average molecular weight is 1340 g/mol. The van der Waals surface area contributed by atoms with Gasteiger partial charge in [0.1, 0.15) is 97.7 Å². The normalized spacial score (nSPS) is 34.8. The van der Waals surface area contributed by atoms with Crippen molar-refractivity contribution >= 4 is 26.0 Å². The second-order valence-electron chi connectivity index (χ2n) is 20.9. The molecule has 32 nitrogen and oxygen atoms in total. The number of unbranched alkanes of at least 4 members (excludes halogenated alkanes) is 2. The molecule has 35 heteroatoms. The number of benzene rings is 1.